The maximum absolute atomic E-state index is 12.1. The molecular formula is C15H18N6O3S. The molecule has 6 N–H and O–H groups in total. The minimum atomic E-state index is -0.758. The first kappa shape index (κ1) is 18.2. The number of benzene rings is 1. The number of nitrogens with zero attached hydrogens (tertiary/aromatic N) is 1. The fourth-order valence-electron chi connectivity index (χ4n) is 1.91. The number of anilines is 3. The number of amides is 1. The number of aromatic amines is 1. The molecule has 0 radical (unpaired) electrons. The van der Waals surface area contributed by atoms with Gasteiger partial charge in [0.2, 0.25) is 5.95 Å². The van der Waals surface area contributed by atoms with E-state index in [-0.39, 0.29) is 22.6 Å². The molecule has 0 unspecified atom stereocenters. The van der Waals surface area contributed by atoms with E-state index >= 15 is 0 Å². The van der Waals surface area contributed by atoms with Gasteiger partial charge in [0, 0.05) is 6.54 Å². The molecule has 0 aliphatic rings. The highest BCUT2D eigenvalue weighted by Gasteiger charge is 2.13. The van der Waals surface area contributed by atoms with Crippen LogP contribution in [0.15, 0.2) is 29.1 Å². The van der Waals surface area contributed by atoms with E-state index in [0.717, 1.165) is 11.1 Å². The Balaban J connectivity index is 2.18. The predicted molar refractivity (Wildman–Crippen MR) is 99.5 cm³/mol. The number of ether oxygens (including phenoxy) is 1. The van der Waals surface area contributed by atoms with Gasteiger partial charge in [0.05, 0.1) is 7.11 Å². The van der Waals surface area contributed by atoms with Crippen LogP contribution >= 0.6 is 12.2 Å². The van der Waals surface area contributed by atoms with Crippen LogP contribution < -0.4 is 27.2 Å². The second-order valence-corrected chi connectivity index (χ2v) is 5.49. The van der Waals surface area contributed by atoms with E-state index in [1.165, 1.54) is 7.11 Å². The van der Waals surface area contributed by atoms with E-state index in [0.29, 0.717) is 6.54 Å². The smallest absolute Gasteiger partial charge is 0.413 e. The first-order valence-corrected chi connectivity index (χ1v) is 7.65. The zero-order chi connectivity index (χ0) is 18.4. The van der Waals surface area contributed by atoms with Crippen molar-refractivity contribution < 1.29 is 9.53 Å². The number of alkyl carbamates (subject to hydrolysis) is 1. The number of aryl methyl sites for hydroxylation is 1. The molecule has 0 aliphatic heterocycles. The summed E-state index contributed by atoms with van der Waals surface area (Å²) in [4.78, 5) is 29.7. The van der Waals surface area contributed by atoms with Crippen molar-refractivity contribution in [3.8, 4) is 0 Å². The van der Waals surface area contributed by atoms with E-state index in [1.54, 1.807) is 0 Å². The number of H-pyrrole nitrogens is 1. The third-order valence-electron chi connectivity index (χ3n) is 3.16. The number of aromatic nitrogens is 2. The number of rotatable bonds is 4. The number of nitrogens with two attached hydrogens (primary N) is 1. The Kier molecular flexibility index (Phi) is 5.90. The highest BCUT2D eigenvalue weighted by atomic mass is 32.1. The average Bonchev–Trinajstić information content (AvgIpc) is 2.56. The minimum absolute atomic E-state index is 0.0303. The summed E-state index contributed by atoms with van der Waals surface area (Å²) in [6, 6.07) is 7.86. The second-order valence-electron chi connectivity index (χ2n) is 5.08. The molecule has 0 saturated heterocycles. The number of hydrogen-bond donors (Lipinski definition) is 5. The summed E-state index contributed by atoms with van der Waals surface area (Å²) < 4.78 is 4.44. The second kappa shape index (κ2) is 8.11. The van der Waals surface area contributed by atoms with E-state index in [1.807, 2.05) is 31.2 Å². The summed E-state index contributed by atoms with van der Waals surface area (Å²) >= 11 is 4.96. The largest absolute Gasteiger partial charge is 0.453 e. The Morgan fingerprint density at radius 1 is 1.36 bits per heavy atom. The third-order valence-corrected chi connectivity index (χ3v) is 3.36. The lowest BCUT2D eigenvalue weighted by atomic mass is 10.1. The fraction of sp³-hybridized carbons (Fsp3) is 0.200. The van der Waals surface area contributed by atoms with Gasteiger partial charge in [0.15, 0.2) is 10.9 Å². The van der Waals surface area contributed by atoms with Crippen molar-refractivity contribution in [3.63, 3.8) is 0 Å². The maximum Gasteiger partial charge on any atom is 0.413 e. The predicted octanol–water partition coefficient (Wildman–Crippen LogP) is 1.33. The minimum Gasteiger partial charge on any atom is -0.453 e. The lowest BCUT2D eigenvalue weighted by molar-refractivity contribution is 0.177. The molecule has 0 spiro atoms. The monoisotopic (exact) mass is 362 g/mol. The molecule has 1 aromatic heterocycles. The molecule has 132 valence electrons. The standard InChI is InChI=1S/C15H18N6O3S/c1-8-3-5-9(6-4-8)7-17-11-10(12(22)20-13(16)19-11)18-14(25)21-15(23)24-2/h3-6H,7H2,1-2H3,(H2,18,21,23,25)(H4,16,17,19,20,22). The number of carbonyl (C=O) groups excluding carboxylic acids is 1. The average molecular weight is 362 g/mol. The molecule has 10 heteroatoms. The van der Waals surface area contributed by atoms with Crippen molar-refractivity contribution >= 4 is 40.9 Å². The van der Waals surface area contributed by atoms with Crippen LogP contribution in [0.5, 0.6) is 0 Å². The normalized spacial score (nSPS) is 10.0. The van der Waals surface area contributed by atoms with Crippen molar-refractivity contribution in [3.05, 3.63) is 45.7 Å². The number of carbonyl (C=O) groups is 1. The third kappa shape index (κ3) is 5.18. The van der Waals surface area contributed by atoms with Crippen LogP contribution in [0.25, 0.3) is 0 Å². The van der Waals surface area contributed by atoms with Crippen LogP contribution in [-0.4, -0.2) is 28.3 Å². The quantitative estimate of drug-likeness (QED) is 0.514. The molecular weight excluding hydrogens is 344 g/mol. The van der Waals surface area contributed by atoms with Crippen LogP contribution in [0, 0.1) is 6.92 Å². The fourth-order valence-corrected chi connectivity index (χ4v) is 2.10. The molecule has 9 nitrogen and oxygen atoms in total. The summed E-state index contributed by atoms with van der Waals surface area (Å²) in [5.74, 6) is 0.157. The maximum atomic E-state index is 12.1. The van der Waals surface area contributed by atoms with Crippen LogP contribution in [0.2, 0.25) is 0 Å². The van der Waals surface area contributed by atoms with Gasteiger partial charge >= 0.3 is 6.09 Å². The first-order valence-electron chi connectivity index (χ1n) is 7.24. The Labute approximate surface area is 149 Å². The molecule has 1 amide bonds. The van der Waals surface area contributed by atoms with Crippen LogP contribution in [0.3, 0.4) is 0 Å². The van der Waals surface area contributed by atoms with E-state index in [9.17, 15) is 9.59 Å². The number of nitrogens with one attached hydrogen (secondary N) is 4. The van der Waals surface area contributed by atoms with Gasteiger partial charge in [-0.15, -0.1) is 0 Å². The van der Waals surface area contributed by atoms with Gasteiger partial charge in [-0.05, 0) is 24.7 Å². The Hall–Kier alpha value is -3.14. The Morgan fingerprint density at radius 3 is 2.68 bits per heavy atom. The molecule has 1 heterocycles. The van der Waals surface area contributed by atoms with Gasteiger partial charge in [0.25, 0.3) is 5.56 Å². The summed E-state index contributed by atoms with van der Waals surface area (Å²) in [6.07, 6.45) is -0.758. The van der Waals surface area contributed by atoms with Gasteiger partial charge in [-0.3, -0.25) is 15.1 Å². The van der Waals surface area contributed by atoms with Crippen molar-refractivity contribution in [1.29, 1.82) is 0 Å². The number of hydrogen-bond acceptors (Lipinski definition) is 7. The van der Waals surface area contributed by atoms with Gasteiger partial charge < -0.3 is 21.1 Å². The Morgan fingerprint density at radius 2 is 2.04 bits per heavy atom. The molecule has 2 rings (SSSR count). The molecule has 25 heavy (non-hydrogen) atoms. The summed E-state index contributed by atoms with van der Waals surface area (Å²) in [5, 5.41) is 7.78. The summed E-state index contributed by atoms with van der Waals surface area (Å²) in [6.45, 7) is 2.41. The number of thiocarbonyl (C=S) groups is 1. The highest BCUT2D eigenvalue weighted by molar-refractivity contribution is 7.80. The zero-order valence-electron chi connectivity index (χ0n) is 13.7. The van der Waals surface area contributed by atoms with Gasteiger partial charge in [-0.1, -0.05) is 29.8 Å². The number of nitrogen functional groups attached to an aromatic ring is 1. The molecule has 0 bridgehead atoms. The van der Waals surface area contributed by atoms with Crippen molar-refractivity contribution in [2.45, 2.75) is 13.5 Å². The molecule has 0 aliphatic carbocycles. The Bertz CT molecular complexity index is 834. The molecule has 0 saturated carbocycles. The first-order chi connectivity index (χ1) is 11.9. The van der Waals surface area contributed by atoms with Crippen molar-refractivity contribution in [1.82, 2.24) is 15.3 Å². The van der Waals surface area contributed by atoms with E-state index < -0.39 is 11.7 Å². The SMILES string of the molecule is COC(=O)NC(=S)Nc1c(NCc2ccc(C)cc2)nc(N)[nH]c1=O. The van der Waals surface area contributed by atoms with E-state index in [2.05, 4.69) is 30.7 Å². The summed E-state index contributed by atoms with van der Waals surface area (Å²) in [7, 11) is 1.20. The summed E-state index contributed by atoms with van der Waals surface area (Å²) in [5.41, 5.74) is 7.22. The van der Waals surface area contributed by atoms with Gasteiger partial charge in [-0.2, -0.15) is 4.98 Å². The van der Waals surface area contributed by atoms with Gasteiger partial charge in [-0.25, -0.2) is 4.79 Å². The number of methoxy groups -OCH3 is 1. The molecule has 1 aromatic carbocycles. The lowest BCUT2D eigenvalue weighted by Crippen LogP contribution is -2.36. The van der Waals surface area contributed by atoms with Crippen molar-refractivity contribution in [2.75, 3.05) is 23.5 Å². The molecule has 0 atom stereocenters. The van der Waals surface area contributed by atoms with E-state index in [4.69, 9.17) is 18.0 Å². The molecule has 0 fully saturated rings. The van der Waals surface area contributed by atoms with Crippen molar-refractivity contribution in [2.24, 2.45) is 0 Å². The lowest BCUT2D eigenvalue weighted by Gasteiger charge is -2.13. The van der Waals surface area contributed by atoms with Gasteiger partial charge in [0.1, 0.15) is 5.69 Å². The van der Waals surface area contributed by atoms with Crippen LogP contribution in [-0.2, 0) is 11.3 Å². The topological polar surface area (TPSA) is 134 Å². The van der Waals surface area contributed by atoms with Crippen LogP contribution in [0.1, 0.15) is 11.1 Å². The molecule has 2 aromatic rings. The van der Waals surface area contributed by atoms with Crippen LogP contribution in [0.4, 0.5) is 22.2 Å². The zero-order valence-corrected chi connectivity index (χ0v) is 14.5. The highest BCUT2D eigenvalue weighted by Crippen LogP contribution is 2.16.